The minimum atomic E-state index is -0.335. The van der Waals surface area contributed by atoms with Crippen LogP contribution in [0.1, 0.15) is 29.8 Å². The maximum absolute atomic E-state index is 11.8. The van der Waals surface area contributed by atoms with E-state index in [0.29, 0.717) is 11.1 Å². The Labute approximate surface area is 135 Å². The Morgan fingerprint density at radius 3 is 2.74 bits per heavy atom. The van der Waals surface area contributed by atoms with Crippen LogP contribution in [0.15, 0.2) is 47.8 Å². The highest BCUT2D eigenvalue weighted by Crippen LogP contribution is 2.27. The molecule has 0 aliphatic heterocycles. The van der Waals surface area contributed by atoms with E-state index in [4.69, 9.17) is 0 Å². The lowest BCUT2D eigenvalue weighted by molar-refractivity contribution is 0.0955. The Morgan fingerprint density at radius 1 is 1.35 bits per heavy atom. The number of aromatic nitrogens is 1. The Hall–Kier alpha value is -2.89. The van der Waals surface area contributed by atoms with Crippen molar-refractivity contribution in [1.29, 1.82) is 0 Å². The number of benzene rings is 1. The summed E-state index contributed by atoms with van der Waals surface area (Å²) in [5, 5.41) is 14.0. The summed E-state index contributed by atoms with van der Waals surface area (Å²) in [6.45, 7) is 5.70. The number of carbonyl (C=O) groups is 1. The molecule has 2 aromatic rings. The molecule has 1 amide bonds. The van der Waals surface area contributed by atoms with Crippen LogP contribution in [-0.2, 0) is 0 Å². The van der Waals surface area contributed by atoms with E-state index in [1.54, 1.807) is 24.4 Å². The molecule has 6 nitrogen and oxygen atoms in total. The van der Waals surface area contributed by atoms with Gasteiger partial charge in [-0.05, 0) is 43.7 Å². The molecular weight excluding hydrogens is 292 g/mol. The summed E-state index contributed by atoms with van der Waals surface area (Å²) in [7, 11) is 0. The number of aromatic hydroxyl groups is 1. The quantitative estimate of drug-likeness (QED) is 0.634. The first-order chi connectivity index (χ1) is 11.2. The number of rotatable bonds is 6. The zero-order chi connectivity index (χ0) is 16.7. The maximum Gasteiger partial charge on any atom is 0.272 e. The van der Waals surface area contributed by atoms with Gasteiger partial charge in [0.2, 0.25) is 0 Å². The number of nitrogens with one attached hydrogen (secondary N) is 1. The topological polar surface area (TPSA) is 77.8 Å². The molecule has 0 saturated heterocycles. The summed E-state index contributed by atoms with van der Waals surface area (Å²) in [5.74, 6) is -0.144. The molecule has 0 aliphatic rings. The second-order valence-electron chi connectivity index (χ2n) is 4.86. The first-order valence-electron chi connectivity index (χ1n) is 7.47. The zero-order valence-electron chi connectivity index (χ0n) is 13.2. The molecule has 0 aliphatic carbocycles. The Morgan fingerprint density at radius 2 is 2.13 bits per heavy atom. The molecule has 2 N–H and O–H groups in total. The van der Waals surface area contributed by atoms with Crippen molar-refractivity contribution in [2.75, 3.05) is 18.0 Å². The molecule has 120 valence electrons. The Balaban J connectivity index is 2.03. The molecule has 0 atom stereocenters. The normalized spacial score (nSPS) is 10.7. The number of phenolic OH excluding ortho intramolecular Hbond substituents is 1. The number of pyridine rings is 1. The number of nitrogens with zero attached hydrogens (tertiary/aromatic N) is 3. The van der Waals surface area contributed by atoms with Crippen molar-refractivity contribution < 1.29 is 9.90 Å². The number of hydrogen-bond donors (Lipinski definition) is 2. The summed E-state index contributed by atoms with van der Waals surface area (Å²) in [6.07, 6.45) is 4.55. The molecule has 1 heterocycles. The van der Waals surface area contributed by atoms with Crippen LogP contribution in [0.2, 0.25) is 0 Å². The predicted molar refractivity (Wildman–Crippen MR) is 91.0 cm³/mol. The van der Waals surface area contributed by atoms with Crippen molar-refractivity contribution in [3.8, 4) is 5.75 Å². The minimum absolute atomic E-state index is 0.191. The molecule has 23 heavy (non-hydrogen) atoms. The minimum Gasteiger partial charge on any atom is -0.506 e. The fourth-order valence-corrected chi connectivity index (χ4v) is 2.18. The maximum atomic E-state index is 11.8. The van der Waals surface area contributed by atoms with Crippen LogP contribution in [0.3, 0.4) is 0 Å². The lowest BCUT2D eigenvalue weighted by atomic mass is 10.2. The van der Waals surface area contributed by atoms with E-state index >= 15 is 0 Å². The number of anilines is 1. The fraction of sp³-hybridized carbons (Fsp3) is 0.235. The molecule has 1 aromatic carbocycles. The molecule has 0 unspecified atom stereocenters. The third-order valence-electron chi connectivity index (χ3n) is 3.41. The van der Waals surface area contributed by atoms with Crippen molar-refractivity contribution in [2.45, 2.75) is 13.8 Å². The highest BCUT2D eigenvalue weighted by Gasteiger charge is 2.08. The van der Waals surface area contributed by atoms with Crippen LogP contribution in [0.25, 0.3) is 0 Å². The number of carbonyl (C=O) groups excluding carboxylic acids is 1. The van der Waals surface area contributed by atoms with E-state index in [1.807, 2.05) is 26.0 Å². The fourth-order valence-electron chi connectivity index (χ4n) is 2.18. The molecule has 0 fully saturated rings. The molecule has 0 saturated carbocycles. The number of amides is 1. The van der Waals surface area contributed by atoms with Gasteiger partial charge in [-0.15, -0.1) is 0 Å². The summed E-state index contributed by atoms with van der Waals surface area (Å²) in [5.41, 5.74) is 4.34. The SMILES string of the molecule is CCN(CC)c1ccc(/C=N/NC(=O)c2cccnc2)cc1O. The van der Waals surface area contributed by atoms with Gasteiger partial charge in [-0.2, -0.15) is 5.10 Å². The number of hydrazone groups is 1. The van der Waals surface area contributed by atoms with Gasteiger partial charge >= 0.3 is 0 Å². The van der Waals surface area contributed by atoms with Crippen LogP contribution >= 0.6 is 0 Å². The average molecular weight is 312 g/mol. The van der Waals surface area contributed by atoms with E-state index in [1.165, 1.54) is 12.4 Å². The third kappa shape index (κ3) is 4.29. The van der Waals surface area contributed by atoms with Gasteiger partial charge in [-0.3, -0.25) is 9.78 Å². The predicted octanol–water partition coefficient (Wildman–Crippen LogP) is 2.40. The lowest BCUT2D eigenvalue weighted by Crippen LogP contribution is -2.21. The molecule has 0 spiro atoms. The highest BCUT2D eigenvalue weighted by molar-refractivity contribution is 5.94. The second kappa shape index (κ2) is 7.93. The van der Waals surface area contributed by atoms with Crippen LogP contribution in [-0.4, -0.2) is 35.3 Å². The van der Waals surface area contributed by atoms with Gasteiger partial charge in [0.15, 0.2) is 0 Å². The third-order valence-corrected chi connectivity index (χ3v) is 3.41. The lowest BCUT2D eigenvalue weighted by Gasteiger charge is -2.22. The summed E-state index contributed by atoms with van der Waals surface area (Å²) in [6, 6.07) is 8.64. The van der Waals surface area contributed by atoms with Gasteiger partial charge < -0.3 is 10.0 Å². The summed E-state index contributed by atoms with van der Waals surface area (Å²) in [4.78, 5) is 17.7. The van der Waals surface area contributed by atoms with Gasteiger partial charge in [-0.25, -0.2) is 5.43 Å². The Kier molecular flexibility index (Phi) is 5.68. The van der Waals surface area contributed by atoms with Crippen molar-refractivity contribution in [3.05, 3.63) is 53.9 Å². The molecule has 0 bridgehead atoms. The zero-order valence-corrected chi connectivity index (χ0v) is 13.2. The molecule has 0 radical (unpaired) electrons. The van der Waals surface area contributed by atoms with Gasteiger partial charge in [0, 0.05) is 25.5 Å². The van der Waals surface area contributed by atoms with Crippen molar-refractivity contribution >= 4 is 17.8 Å². The van der Waals surface area contributed by atoms with Crippen molar-refractivity contribution in [1.82, 2.24) is 10.4 Å². The van der Waals surface area contributed by atoms with Crippen LogP contribution < -0.4 is 10.3 Å². The molecule has 1 aromatic heterocycles. The van der Waals surface area contributed by atoms with Gasteiger partial charge in [0.1, 0.15) is 5.75 Å². The van der Waals surface area contributed by atoms with Gasteiger partial charge in [0.05, 0.1) is 17.5 Å². The van der Waals surface area contributed by atoms with Crippen molar-refractivity contribution in [3.63, 3.8) is 0 Å². The van der Waals surface area contributed by atoms with Gasteiger partial charge in [0.25, 0.3) is 5.91 Å². The molecular formula is C17H20N4O2. The molecule has 6 heteroatoms. The first-order valence-corrected chi connectivity index (χ1v) is 7.47. The van der Waals surface area contributed by atoms with E-state index in [-0.39, 0.29) is 11.7 Å². The van der Waals surface area contributed by atoms with Gasteiger partial charge in [-0.1, -0.05) is 6.07 Å². The van der Waals surface area contributed by atoms with Crippen LogP contribution in [0.4, 0.5) is 5.69 Å². The number of hydrogen-bond acceptors (Lipinski definition) is 5. The monoisotopic (exact) mass is 312 g/mol. The van der Waals surface area contributed by atoms with E-state index in [0.717, 1.165) is 18.8 Å². The summed E-state index contributed by atoms with van der Waals surface area (Å²) < 4.78 is 0. The second-order valence-corrected chi connectivity index (χ2v) is 4.86. The van der Waals surface area contributed by atoms with E-state index in [2.05, 4.69) is 20.4 Å². The van der Waals surface area contributed by atoms with E-state index in [9.17, 15) is 9.90 Å². The Bertz CT molecular complexity index is 682. The number of phenols is 1. The van der Waals surface area contributed by atoms with Crippen LogP contribution in [0.5, 0.6) is 5.75 Å². The highest BCUT2D eigenvalue weighted by atomic mass is 16.3. The standard InChI is InChI=1S/C17H20N4O2/c1-3-21(4-2)15-8-7-13(10-16(15)22)11-19-20-17(23)14-6-5-9-18-12-14/h5-12,22H,3-4H2,1-2H3,(H,20,23)/b19-11+. The smallest absolute Gasteiger partial charge is 0.272 e. The van der Waals surface area contributed by atoms with Crippen molar-refractivity contribution in [2.24, 2.45) is 5.10 Å². The molecule has 2 rings (SSSR count). The summed E-state index contributed by atoms with van der Waals surface area (Å²) >= 11 is 0. The average Bonchev–Trinajstić information content (AvgIpc) is 2.58. The largest absolute Gasteiger partial charge is 0.506 e. The van der Waals surface area contributed by atoms with Crippen LogP contribution in [0, 0.1) is 0 Å². The first kappa shape index (κ1) is 16.5. The van der Waals surface area contributed by atoms with E-state index < -0.39 is 0 Å².